The second kappa shape index (κ2) is 6.17. The van der Waals surface area contributed by atoms with Crippen LogP contribution < -0.4 is 0 Å². The number of carbonyl (C=O) groups is 1. The number of Topliss-reactive ketones (excluding diaryl/α,β-unsaturated/α-hetero) is 1. The molecule has 1 fully saturated rings. The van der Waals surface area contributed by atoms with Gasteiger partial charge in [0, 0.05) is 12.3 Å². The standard InChI is InChI=1S/C12H22O/c1-2-3-5-10-12(13)11-8-6-4-7-9-11/h11H,2-10H2,1H3. The van der Waals surface area contributed by atoms with Gasteiger partial charge in [0.15, 0.2) is 0 Å². The van der Waals surface area contributed by atoms with E-state index in [0.717, 1.165) is 12.8 Å². The summed E-state index contributed by atoms with van der Waals surface area (Å²) in [7, 11) is 0. The highest BCUT2D eigenvalue weighted by Gasteiger charge is 2.19. The van der Waals surface area contributed by atoms with Crippen LogP contribution in [0.25, 0.3) is 0 Å². The van der Waals surface area contributed by atoms with Crippen molar-refractivity contribution in [3.05, 3.63) is 0 Å². The lowest BCUT2D eigenvalue weighted by Gasteiger charge is -2.19. The molecular weight excluding hydrogens is 160 g/mol. The van der Waals surface area contributed by atoms with E-state index < -0.39 is 0 Å². The minimum atomic E-state index is 0.436. The highest BCUT2D eigenvalue weighted by molar-refractivity contribution is 5.80. The molecule has 0 amide bonds. The van der Waals surface area contributed by atoms with E-state index in [1.165, 1.54) is 44.9 Å². The normalized spacial score (nSPS) is 18.8. The lowest BCUT2D eigenvalue weighted by molar-refractivity contribution is -0.123. The maximum atomic E-state index is 11.7. The minimum absolute atomic E-state index is 0.436. The average Bonchev–Trinajstić information content (AvgIpc) is 2.19. The molecule has 1 aliphatic carbocycles. The summed E-state index contributed by atoms with van der Waals surface area (Å²) in [5.74, 6) is 0.985. The summed E-state index contributed by atoms with van der Waals surface area (Å²) in [4.78, 5) is 11.7. The van der Waals surface area contributed by atoms with Crippen molar-refractivity contribution >= 4 is 5.78 Å². The van der Waals surface area contributed by atoms with Gasteiger partial charge >= 0.3 is 0 Å². The Bertz CT molecular complexity index is 145. The number of unbranched alkanes of at least 4 members (excludes halogenated alkanes) is 2. The molecule has 0 radical (unpaired) electrons. The van der Waals surface area contributed by atoms with Crippen molar-refractivity contribution < 1.29 is 4.79 Å². The quantitative estimate of drug-likeness (QED) is 0.592. The van der Waals surface area contributed by atoms with E-state index in [0.29, 0.717) is 11.7 Å². The first kappa shape index (κ1) is 10.7. The fourth-order valence-electron chi connectivity index (χ4n) is 2.18. The number of hydrogen-bond acceptors (Lipinski definition) is 1. The summed E-state index contributed by atoms with van der Waals surface area (Å²) >= 11 is 0. The van der Waals surface area contributed by atoms with Crippen molar-refractivity contribution in [1.29, 1.82) is 0 Å². The zero-order valence-corrected chi connectivity index (χ0v) is 8.85. The molecule has 1 heteroatoms. The number of hydrogen-bond donors (Lipinski definition) is 0. The zero-order valence-electron chi connectivity index (χ0n) is 8.85. The van der Waals surface area contributed by atoms with E-state index in [1.54, 1.807) is 0 Å². The van der Waals surface area contributed by atoms with Gasteiger partial charge < -0.3 is 0 Å². The lowest BCUT2D eigenvalue weighted by Crippen LogP contribution is -2.17. The molecule has 0 saturated heterocycles. The van der Waals surface area contributed by atoms with Crippen LogP contribution in [0.15, 0.2) is 0 Å². The van der Waals surface area contributed by atoms with Crippen LogP contribution in [-0.2, 0) is 4.79 Å². The Balaban J connectivity index is 2.13. The van der Waals surface area contributed by atoms with E-state index in [2.05, 4.69) is 6.92 Å². The van der Waals surface area contributed by atoms with E-state index in [4.69, 9.17) is 0 Å². The second-order valence-electron chi connectivity index (χ2n) is 4.26. The number of ketones is 1. The van der Waals surface area contributed by atoms with Gasteiger partial charge in [0.2, 0.25) is 0 Å². The lowest BCUT2D eigenvalue weighted by atomic mass is 9.84. The molecule has 0 aromatic heterocycles. The fraction of sp³-hybridized carbons (Fsp3) is 0.917. The maximum absolute atomic E-state index is 11.7. The van der Waals surface area contributed by atoms with Gasteiger partial charge in [0.25, 0.3) is 0 Å². The van der Waals surface area contributed by atoms with E-state index >= 15 is 0 Å². The summed E-state index contributed by atoms with van der Waals surface area (Å²) in [6.45, 7) is 2.19. The Morgan fingerprint density at radius 2 is 1.85 bits per heavy atom. The van der Waals surface area contributed by atoms with Crippen LogP contribution in [0.2, 0.25) is 0 Å². The van der Waals surface area contributed by atoms with Crippen LogP contribution in [0.3, 0.4) is 0 Å². The average molecular weight is 182 g/mol. The van der Waals surface area contributed by atoms with Crippen molar-refractivity contribution in [2.45, 2.75) is 64.7 Å². The molecule has 1 rings (SSSR count). The Kier molecular flexibility index (Phi) is 5.10. The highest BCUT2D eigenvalue weighted by atomic mass is 16.1. The van der Waals surface area contributed by atoms with Crippen LogP contribution in [0.1, 0.15) is 64.7 Å². The molecule has 76 valence electrons. The third kappa shape index (κ3) is 3.93. The Morgan fingerprint density at radius 3 is 2.46 bits per heavy atom. The molecule has 0 atom stereocenters. The van der Waals surface area contributed by atoms with Crippen LogP contribution in [0, 0.1) is 5.92 Å². The molecule has 0 bridgehead atoms. The molecule has 0 aromatic rings. The minimum Gasteiger partial charge on any atom is -0.299 e. The smallest absolute Gasteiger partial charge is 0.135 e. The topological polar surface area (TPSA) is 17.1 Å². The molecule has 0 N–H and O–H groups in total. The SMILES string of the molecule is CCCCCC(=O)C1CCCCC1. The van der Waals surface area contributed by atoms with Crippen molar-refractivity contribution in [2.24, 2.45) is 5.92 Å². The van der Waals surface area contributed by atoms with E-state index in [1.807, 2.05) is 0 Å². The Morgan fingerprint density at radius 1 is 1.15 bits per heavy atom. The van der Waals surface area contributed by atoms with Crippen molar-refractivity contribution in [3.8, 4) is 0 Å². The first-order valence-corrected chi connectivity index (χ1v) is 5.87. The predicted molar refractivity (Wildman–Crippen MR) is 55.7 cm³/mol. The molecule has 0 spiro atoms. The first-order valence-electron chi connectivity index (χ1n) is 5.87. The second-order valence-corrected chi connectivity index (χ2v) is 4.26. The summed E-state index contributed by atoms with van der Waals surface area (Å²) in [5.41, 5.74) is 0. The molecule has 1 nitrogen and oxygen atoms in total. The van der Waals surface area contributed by atoms with Gasteiger partial charge in [-0.25, -0.2) is 0 Å². The molecule has 0 unspecified atom stereocenters. The monoisotopic (exact) mass is 182 g/mol. The fourth-order valence-corrected chi connectivity index (χ4v) is 2.18. The number of carbonyl (C=O) groups excluding carboxylic acids is 1. The van der Waals surface area contributed by atoms with Crippen LogP contribution in [-0.4, -0.2) is 5.78 Å². The molecule has 0 aromatic carbocycles. The molecule has 13 heavy (non-hydrogen) atoms. The van der Waals surface area contributed by atoms with Gasteiger partial charge in [-0.15, -0.1) is 0 Å². The molecule has 0 heterocycles. The molecule has 0 aliphatic heterocycles. The van der Waals surface area contributed by atoms with Gasteiger partial charge in [-0.1, -0.05) is 39.0 Å². The van der Waals surface area contributed by atoms with Crippen LogP contribution in [0.4, 0.5) is 0 Å². The third-order valence-electron chi connectivity index (χ3n) is 3.09. The zero-order chi connectivity index (χ0) is 9.52. The van der Waals surface area contributed by atoms with Gasteiger partial charge in [0.05, 0.1) is 0 Å². The van der Waals surface area contributed by atoms with Crippen molar-refractivity contribution in [3.63, 3.8) is 0 Å². The van der Waals surface area contributed by atoms with E-state index in [9.17, 15) is 4.79 Å². The van der Waals surface area contributed by atoms with Crippen molar-refractivity contribution in [1.82, 2.24) is 0 Å². The van der Waals surface area contributed by atoms with Gasteiger partial charge in [0.1, 0.15) is 5.78 Å². The Hall–Kier alpha value is -0.330. The summed E-state index contributed by atoms with van der Waals surface area (Å²) in [6.07, 6.45) is 10.7. The van der Waals surface area contributed by atoms with Crippen LogP contribution >= 0.6 is 0 Å². The van der Waals surface area contributed by atoms with Gasteiger partial charge in [-0.3, -0.25) is 4.79 Å². The summed E-state index contributed by atoms with van der Waals surface area (Å²) < 4.78 is 0. The number of rotatable bonds is 5. The Labute approximate surface area is 81.9 Å². The van der Waals surface area contributed by atoms with E-state index in [-0.39, 0.29) is 0 Å². The molecule has 1 aliphatic rings. The van der Waals surface area contributed by atoms with Gasteiger partial charge in [-0.2, -0.15) is 0 Å². The molecular formula is C12H22O. The largest absolute Gasteiger partial charge is 0.299 e. The third-order valence-corrected chi connectivity index (χ3v) is 3.09. The van der Waals surface area contributed by atoms with Gasteiger partial charge in [-0.05, 0) is 19.3 Å². The highest BCUT2D eigenvalue weighted by Crippen LogP contribution is 2.25. The summed E-state index contributed by atoms with van der Waals surface area (Å²) in [5, 5.41) is 0. The first-order chi connectivity index (χ1) is 6.34. The van der Waals surface area contributed by atoms with Crippen LogP contribution in [0.5, 0.6) is 0 Å². The molecule has 1 saturated carbocycles. The van der Waals surface area contributed by atoms with Crippen molar-refractivity contribution in [2.75, 3.05) is 0 Å². The maximum Gasteiger partial charge on any atom is 0.135 e. The summed E-state index contributed by atoms with van der Waals surface area (Å²) in [6, 6.07) is 0. The predicted octanol–water partition coefficient (Wildman–Crippen LogP) is 3.72.